The van der Waals surface area contributed by atoms with Crippen LogP contribution in [0.1, 0.15) is 66.4 Å². The van der Waals surface area contributed by atoms with E-state index in [4.69, 9.17) is 4.84 Å². The summed E-state index contributed by atoms with van der Waals surface area (Å²) in [4.78, 5) is 9.60. The van der Waals surface area contributed by atoms with Gasteiger partial charge in [0.1, 0.15) is 12.1 Å². The topological polar surface area (TPSA) is 245 Å². The maximum Gasteiger partial charge on any atom is 0.363 e. The van der Waals surface area contributed by atoms with Crippen LogP contribution in [0.2, 0.25) is 0 Å². The monoisotopic (exact) mass is 735 g/mol. The Bertz CT molecular complexity index is 1370. The summed E-state index contributed by atoms with van der Waals surface area (Å²) in [5.41, 5.74) is 3.86. The van der Waals surface area contributed by atoms with E-state index in [1.54, 1.807) is 36.9 Å². The molecule has 2 saturated heterocycles. The smallest absolute Gasteiger partial charge is 0.363 e. The molecule has 3 fully saturated rings. The number of nitrogens with one attached hydrogen (secondary N) is 2. The van der Waals surface area contributed by atoms with Gasteiger partial charge < -0.3 is 51.1 Å². The largest absolute Gasteiger partial charge is 0.387 e. The Morgan fingerprint density at radius 1 is 1.00 bits per heavy atom. The lowest BCUT2D eigenvalue weighted by molar-refractivity contribution is -0.562. The molecule has 0 aromatic heterocycles. The van der Waals surface area contributed by atoms with Crippen molar-refractivity contribution in [2.75, 3.05) is 7.05 Å². The van der Waals surface area contributed by atoms with E-state index in [-0.39, 0.29) is 37.0 Å². The van der Waals surface area contributed by atoms with Gasteiger partial charge in [-0.1, -0.05) is 43.8 Å². The maximum atomic E-state index is 14.7. The van der Waals surface area contributed by atoms with E-state index in [9.17, 15) is 59.8 Å². The van der Waals surface area contributed by atoms with Gasteiger partial charge in [0.2, 0.25) is 11.6 Å². The molecule has 16 nitrogen and oxygen atoms in total. The second kappa shape index (κ2) is 13.7. The number of hydrogen-bond acceptors (Lipinski definition) is 16. The summed E-state index contributed by atoms with van der Waals surface area (Å²) in [7, 11) is 1.83. The maximum absolute atomic E-state index is 14.7. The molecule has 51 heavy (non-hydrogen) atoms. The molecule has 18 heteroatoms. The third-order valence-electron chi connectivity index (χ3n) is 10.9. The molecule has 2 aliphatic heterocycles. The highest BCUT2D eigenvalue weighted by molar-refractivity contribution is 5.24. The molecule has 0 radical (unpaired) electrons. The van der Waals surface area contributed by atoms with E-state index in [1.165, 1.54) is 0 Å². The average molecular weight is 736 g/mol. The van der Waals surface area contributed by atoms with Gasteiger partial charge in [0, 0.05) is 37.3 Å². The van der Waals surface area contributed by atoms with Crippen LogP contribution in [-0.4, -0.2) is 144 Å². The fraction of sp³-hybridized carbons (Fsp3) is 0.758. The van der Waals surface area contributed by atoms with Crippen molar-refractivity contribution in [2.45, 2.75) is 138 Å². The molecule has 1 aromatic carbocycles. The predicted molar refractivity (Wildman–Crippen MR) is 175 cm³/mol. The third kappa shape index (κ3) is 6.83. The van der Waals surface area contributed by atoms with Crippen LogP contribution in [0.25, 0.3) is 0 Å². The molecule has 3 aliphatic rings. The summed E-state index contributed by atoms with van der Waals surface area (Å²) in [6.07, 6.45) is 0.468. The van der Waals surface area contributed by atoms with Gasteiger partial charge in [-0.25, -0.2) is 20.2 Å². The minimum absolute atomic E-state index is 0.0152. The van der Waals surface area contributed by atoms with Crippen molar-refractivity contribution in [3.05, 3.63) is 48.2 Å². The van der Waals surface area contributed by atoms with E-state index in [1.807, 2.05) is 57.4 Å². The van der Waals surface area contributed by atoms with Crippen molar-refractivity contribution < 1.29 is 64.7 Å². The van der Waals surface area contributed by atoms with Crippen molar-refractivity contribution in [1.29, 1.82) is 0 Å². The minimum atomic E-state index is -5.74. The van der Waals surface area contributed by atoms with Gasteiger partial charge in [-0.3, -0.25) is 10.4 Å². The van der Waals surface area contributed by atoms with Crippen LogP contribution in [-0.2, 0) is 11.3 Å². The van der Waals surface area contributed by atoms with Gasteiger partial charge in [-0.2, -0.15) is 8.78 Å². The summed E-state index contributed by atoms with van der Waals surface area (Å²) in [5, 5.41) is 108. The molecule has 12 N–H and O–H groups in total. The van der Waals surface area contributed by atoms with Crippen molar-refractivity contribution in [1.82, 2.24) is 25.7 Å². The lowest BCUT2D eigenvalue weighted by Gasteiger charge is -2.58. The number of halogens is 2. The fourth-order valence-electron chi connectivity index (χ4n) is 8.25. The molecular weight excluding hydrogens is 680 g/mol. The highest BCUT2D eigenvalue weighted by atomic mass is 19.3. The molecule has 7 atom stereocenters. The first kappa shape index (κ1) is 41.8. The number of nitrogens with zero attached hydrogens (tertiary/aromatic N) is 3. The number of hydrazine groups is 1. The molecule has 7 unspecified atom stereocenters. The zero-order valence-electron chi connectivity index (χ0n) is 29.9. The van der Waals surface area contributed by atoms with Crippen LogP contribution in [0.5, 0.6) is 0 Å². The number of likely N-dealkylation sites (N-methyl/N-ethyl adjacent to an activating group) is 1. The van der Waals surface area contributed by atoms with E-state index in [0.717, 1.165) is 5.56 Å². The fourth-order valence-corrected chi connectivity index (χ4v) is 8.25. The van der Waals surface area contributed by atoms with Crippen molar-refractivity contribution in [3.63, 3.8) is 0 Å². The Balaban J connectivity index is 1.69. The van der Waals surface area contributed by atoms with E-state index in [0.29, 0.717) is 12.8 Å². The van der Waals surface area contributed by atoms with Gasteiger partial charge in [0.05, 0.1) is 11.8 Å². The molecule has 1 aliphatic carbocycles. The summed E-state index contributed by atoms with van der Waals surface area (Å²) in [6.45, 7) is 14.5. The number of likely N-dealkylation sites (tertiary alicyclic amines) is 1. The second-order valence-corrected chi connectivity index (χ2v) is 15.3. The molecule has 1 saturated carbocycles. The second-order valence-electron chi connectivity index (χ2n) is 15.3. The minimum Gasteiger partial charge on any atom is -0.387 e. The lowest BCUT2D eigenvalue weighted by Crippen LogP contribution is -2.87. The van der Waals surface area contributed by atoms with Gasteiger partial charge in [-0.05, 0) is 65.4 Å². The highest BCUT2D eigenvalue weighted by Crippen LogP contribution is 2.57. The van der Waals surface area contributed by atoms with Crippen molar-refractivity contribution >= 4 is 0 Å². The Morgan fingerprint density at radius 2 is 1.53 bits per heavy atom. The number of aliphatic hydroxyl groups is 10. The van der Waals surface area contributed by atoms with Crippen LogP contribution in [0.4, 0.5) is 8.78 Å². The van der Waals surface area contributed by atoms with Crippen LogP contribution in [0, 0.1) is 11.8 Å². The van der Waals surface area contributed by atoms with Gasteiger partial charge in [0.25, 0.3) is 17.5 Å². The number of benzene rings is 1. The standard InChI is InChI=1S/C33H55F2N5O11/c1-18-16-24(17-19(2)39-22(5)36-38(8)26(39)27(6,7)41)40(21(18)4)28(42,15-14-23-12-10-9-11-13-23)51-37-20(3)25-29(43,44)32(47,48)31(34,35)33(49,50)30(25,45)46/h9-13,18-19,21-22,24-26,36-37,41-50H,3,14-17H2,1-2,4-8H3. The number of hydroxylamine groups is 1. The molecule has 0 amide bonds. The normalized spacial score (nSPS) is 32.8. The number of alkyl halides is 2. The van der Waals surface area contributed by atoms with E-state index < -0.39 is 64.4 Å². The number of rotatable bonds is 12. The number of aryl methyl sites for hydroxylation is 1. The molecule has 1 aromatic rings. The summed E-state index contributed by atoms with van der Waals surface area (Å²) < 4.78 is 29.4. The van der Waals surface area contributed by atoms with Crippen molar-refractivity contribution in [3.8, 4) is 0 Å². The van der Waals surface area contributed by atoms with E-state index >= 15 is 0 Å². The van der Waals surface area contributed by atoms with Crippen LogP contribution in [0.15, 0.2) is 42.6 Å². The average Bonchev–Trinajstić information content (AvgIpc) is 3.47. The van der Waals surface area contributed by atoms with Crippen LogP contribution < -0.4 is 10.9 Å². The number of hydrogen-bond donors (Lipinski definition) is 12. The van der Waals surface area contributed by atoms with Gasteiger partial charge in [-0.15, -0.1) is 0 Å². The molecular formula is C33H55F2N5O11. The predicted octanol–water partition coefficient (Wildman–Crippen LogP) is -1.64. The molecule has 0 bridgehead atoms. The zero-order chi connectivity index (χ0) is 38.9. The molecule has 292 valence electrons. The SMILES string of the molecule is C=C(NOC(O)(CCc1ccccc1)N1C(CC(C)N2C(C)NN(C)C2C(C)(C)O)CC(C)C1C)C1C(O)(O)C(O)(O)C(F)(F)C(O)(O)C1(O)O. The first-order valence-corrected chi connectivity index (χ1v) is 16.9. The molecule has 0 spiro atoms. The van der Waals surface area contributed by atoms with Gasteiger partial charge in [0.15, 0.2) is 0 Å². The summed E-state index contributed by atoms with van der Waals surface area (Å²) in [6, 6.07) is 8.03. The third-order valence-corrected chi connectivity index (χ3v) is 10.9. The Kier molecular flexibility index (Phi) is 11.2. The lowest BCUT2D eigenvalue weighted by atomic mass is 9.67. The Hall–Kier alpha value is -1.98. The Labute approximate surface area is 295 Å². The van der Waals surface area contributed by atoms with Crippen LogP contribution in [0.3, 0.4) is 0 Å². The first-order valence-electron chi connectivity index (χ1n) is 16.9. The van der Waals surface area contributed by atoms with Gasteiger partial charge >= 0.3 is 5.92 Å². The highest BCUT2D eigenvalue weighted by Gasteiger charge is 2.88. The summed E-state index contributed by atoms with van der Waals surface area (Å²) in [5.74, 6) is -30.6. The van der Waals surface area contributed by atoms with E-state index in [2.05, 4.69) is 16.9 Å². The zero-order valence-corrected chi connectivity index (χ0v) is 29.9. The summed E-state index contributed by atoms with van der Waals surface area (Å²) >= 11 is 0. The van der Waals surface area contributed by atoms with Crippen molar-refractivity contribution in [2.24, 2.45) is 11.8 Å². The molecule has 2 heterocycles. The quantitative estimate of drug-likeness (QED) is 0.0851. The van der Waals surface area contributed by atoms with Crippen LogP contribution >= 0.6 is 0 Å². The molecule has 4 rings (SSSR count). The Morgan fingerprint density at radius 3 is 2.04 bits per heavy atom. The first-order chi connectivity index (χ1) is 23.1.